The molecule has 2 unspecified atom stereocenters. The molecule has 2 aliphatic rings. The number of hydrogen-bond acceptors (Lipinski definition) is 4. The van der Waals surface area contributed by atoms with Gasteiger partial charge in [0.25, 0.3) is 0 Å². The lowest BCUT2D eigenvalue weighted by molar-refractivity contribution is -0.131. The van der Waals surface area contributed by atoms with Gasteiger partial charge in [0.2, 0.25) is 5.91 Å². The molecule has 1 saturated heterocycles. The van der Waals surface area contributed by atoms with Gasteiger partial charge in [-0.2, -0.15) is 11.8 Å². The molecule has 1 heterocycles. The molecule has 2 rings (SSSR count). The van der Waals surface area contributed by atoms with Crippen LogP contribution < -0.4 is 5.32 Å². The minimum Gasteiger partial charge on any atom is -0.339 e. The van der Waals surface area contributed by atoms with Crippen molar-refractivity contribution in [1.82, 2.24) is 15.1 Å². The highest BCUT2D eigenvalue weighted by Gasteiger charge is 2.28. The lowest BCUT2D eigenvalue weighted by Gasteiger charge is -2.33. The zero-order chi connectivity index (χ0) is 13.7. The van der Waals surface area contributed by atoms with E-state index in [1.54, 1.807) is 0 Å². The van der Waals surface area contributed by atoms with Crippen molar-refractivity contribution in [3.05, 3.63) is 0 Å². The molecule has 0 aromatic heterocycles. The molecule has 1 amide bonds. The van der Waals surface area contributed by atoms with Gasteiger partial charge in [0.05, 0.1) is 6.54 Å². The van der Waals surface area contributed by atoms with Gasteiger partial charge >= 0.3 is 0 Å². The highest BCUT2D eigenvalue weighted by molar-refractivity contribution is 7.99. The van der Waals surface area contributed by atoms with Gasteiger partial charge in [-0.3, -0.25) is 4.79 Å². The summed E-state index contributed by atoms with van der Waals surface area (Å²) in [5.41, 5.74) is 0. The smallest absolute Gasteiger partial charge is 0.236 e. The van der Waals surface area contributed by atoms with Crippen LogP contribution in [0.4, 0.5) is 0 Å². The SMILES string of the molecule is CCSC1CCCC1NCC(=O)N1CCN(C)CC1. The Morgan fingerprint density at radius 3 is 2.68 bits per heavy atom. The van der Waals surface area contributed by atoms with Crippen molar-refractivity contribution in [2.45, 2.75) is 37.5 Å². The minimum atomic E-state index is 0.278. The number of likely N-dealkylation sites (N-methyl/N-ethyl adjacent to an activating group) is 1. The molecule has 1 aliphatic carbocycles. The van der Waals surface area contributed by atoms with E-state index in [1.165, 1.54) is 25.0 Å². The molecule has 5 heteroatoms. The number of nitrogens with one attached hydrogen (secondary N) is 1. The van der Waals surface area contributed by atoms with Gasteiger partial charge in [0, 0.05) is 37.5 Å². The molecular formula is C14H27N3OS. The summed E-state index contributed by atoms with van der Waals surface area (Å²) >= 11 is 2.04. The lowest BCUT2D eigenvalue weighted by Crippen LogP contribution is -2.50. The average Bonchev–Trinajstić information content (AvgIpc) is 2.85. The number of carbonyl (C=O) groups is 1. The number of nitrogens with zero attached hydrogens (tertiary/aromatic N) is 2. The van der Waals surface area contributed by atoms with Crippen molar-refractivity contribution in [1.29, 1.82) is 0 Å². The van der Waals surface area contributed by atoms with Crippen molar-refractivity contribution in [3.63, 3.8) is 0 Å². The van der Waals surface area contributed by atoms with Gasteiger partial charge in [0.1, 0.15) is 0 Å². The standard InChI is InChI=1S/C14H27N3OS/c1-3-19-13-6-4-5-12(13)15-11-14(18)17-9-7-16(2)8-10-17/h12-13,15H,3-11H2,1-2H3. The fourth-order valence-corrected chi connectivity index (χ4v) is 4.19. The lowest BCUT2D eigenvalue weighted by atomic mass is 10.2. The highest BCUT2D eigenvalue weighted by atomic mass is 32.2. The van der Waals surface area contributed by atoms with E-state index in [9.17, 15) is 4.79 Å². The van der Waals surface area contributed by atoms with Crippen LogP contribution in [-0.2, 0) is 4.79 Å². The van der Waals surface area contributed by atoms with E-state index in [-0.39, 0.29) is 5.91 Å². The number of amides is 1. The number of carbonyl (C=O) groups excluding carboxylic acids is 1. The molecule has 2 fully saturated rings. The first-order chi connectivity index (χ1) is 9.20. The molecule has 19 heavy (non-hydrogen) atoms. The van der Waals surface area contributed by atoms with Crippen LogP contribution in [0.15, 0.2) is 0 Å². The van der Waals surface area contributed by atoms with E-state index >= 15 is 0 Å². The first-order valence-electron chi connectivity index (χ1n) is 7.52. The summed E-state index contributed by atoms with van der Waals surface area (Å²) in [5.74, 6) is 1.45. The van der Waals surface area contributed by atoms with Crippen molar-refractivity contribution in [2.75, 3.05) is 45.5 Å². The third-order valence-electron chi connectivity index (χ3n) is 4.20. The van der Waals surface area contributed by atoms with Gasteiger partial charge in [-0.15, -0.1) is 0 Å². The maximum absolute atomic E-state index is 12.2. The summed E-state index contributed by atoms with van der Waals surface area (Å²) < 4.78 is 0. The Bertz CT molecular complexity index is 292. The molecule has 0 bridgehead atoms. The van der Waals surface area contributed by atoms with Gasteiger partial charge < -0.3 is 15.1 Å². The predicted octanol–water partition coefficient (Wildman–Crippen LogP) is 1.02. The zero-order valence-corrected chi connectivity index (χ0v) is 13.0. The van der Waals surface area contributed by atoms with Crippen LogP contribution in [0.2, 0.25) is 0 Å². The molecule has 1 N–H and O–H groups in total. The minimum absolute atomic E-state index is 0.278. The number of piperazine rings is 1. The van der Waals surface area contributed by atoms with E-state index in [2.05, 4.69) is 24.2 Å². The van der Waals surface area contributed by atoms with Gasteiger partial charge in [-0.1, -0.05) is 13.3 Å². The van der Waals surface area contributed by atoms with Crippen LogP contribution in [0.25, 0.3) is 0 Å². The Hall–Kier alpha value is -0.260. The second-order valence-electron chi connectivity index (χ2n) is 5.60. The predicted molar refractivity (Wildman–Crippen MR) is 81.6 cm³/mol. The summed E-state index contributed by atoms with van der Waals surface area (Å²) in [5, 5.41) is 4.21. The average molecular weight is 285 g/mol. The summed E-state index contributed by atoms with van der Waals surface area (Å²) in [6, 6.07) is 0.543. The van der Waals surface area contributed by atoms with Crippen molar-refractivity contribution < 1.29 is 4.79 Å². The summed E-state index contributed by atoms with van der Waals surface area (Å²) in [6.45, 7) is 6.52. The molecule has 0 radical (unpaired) electrons. The van der Waals surface area contributed by atoms with E-state index in [4.69, 9.17) is 0 Å². The fourth-order valence-electron chi connectivity index (χ4n) is 2.96. The van der Waals surface area contributed by atoms with Crippen molar-refractivity contribution in [2.24, 2.45) is 0 Å². The summed E-state index contributed by atoms with van der Waals surface area (Å²) in [6.07, 6.45) is 3.84. The first-order valence-corrected chi connectivity index (χ1v) is 8.57. The maximum Gasteiger partial charge on any atom is 0.236 e. The monoisotopic (exact) mass is 285 g/mol. The van der Waals surface area contributed by atoms with E-state index < -0.39 is 0 Å². The molecule has 4 nitrogen and oxygen atoms in total. The number of thioether (sulfide) groups is 1. The van der Waals surface area contributed by atoms with Crippen molar-refractivity contribution >= 4 is 17.7 Å². The molecule has 1 aliphatic heterocycles. The number of rotatable bonds is 5. The third-order valence-corrected chi connectivity index (χ3v) is 5.53. The summed E-state index contributed by atoms with van der Waals surface area (Å²) in [7, 11) is 2.12. The van der Waals surface area contributed by atoms with Gasteiger partial charge in [-0.05, 0) is 25.6 Å². The summed E-state index contributed by atoms with van der Waals surface area (Å²) in [4.78, 5) is 16.4. The van der Waals surface area contributed by atoms with Crippen LogP contribution in [0.5, 0.6) is 0 Å². The molecule has 1 saturated carbocycles. The van der Waals surface area contributed by atoms with Crippen LogP contribution in [0.3, 0.4) is 0 Å². The second kappa shape index (κ2) is 7.50. The maximum atomic E-state index is 12.2. The van der Waals surface area contributed by atoms with Crippen LogP contribution in [0, 0.1) is 0 Å². The topological polar surface area (TPSA) is 35.6 Å². The largest absolute Gasteiger partial charge is 0.339 e. The zero-order valence-electron chi connectivity index (χ0n) is 12.2. The Morgan fingerprint density at radius 1 is 1.26 bits per heavy atom. The quantitative estimate of drug-likeness (QED) is 0.818. The van der Waals surface area contributed by atoms with E-state index in [0.29, 0.717) is 17.8 Å². The Kier molecular flexibility index (Phi) is 5.98. The van der Waals surface area contributed by atoms with E-state index in [1.807, 2.05) is 16.7 Å². The second-order valence-corrected chi connectivity index (χ2v) is 7.11. The molecule has 0 spiro atoms. The molecule has 2 atom stereocenters. The van der Waals surface area contributed by atoms with Crippen molar-refractivity contribution in [3.8, 4) is 0 Å². The Morgan fingerprint density at radius 2 is 2.00 bits per heavy atom. The fraction of sp³-hybridized carbons (Fsp3) is 0.929. The van der Waals surface area contributed by atoms with Gasteiger partial charge in [0.15, 0.2) is 0 Å². The third kappa shape index (κ3) is 4.36. The van der Waals surface area contributed by atoms with Crippen LogP contribution in [-0.4, -0.2) is 72.5 Å². The van der Waals surface area contributed by atoms with Crippen LogP contribution >= 0.6 is 11.8 Å². The molecular weight excluding hydrogens is 258 g/mol. The molecule has 110 valence electrons. The Labute approximate surface area is 121 Å². The Balaban J connectivity index is 1.71. The first kappa shape index (κ1) is 15.1. The molecule has 0 aromatic carbocycles. The van der Waals surface area contributed by atoms with Gasteiger partial charge in [-0.25, -0.2) is 0 Å². The normalized spacial score (nSPS) is 28.8. The molecule has 0 aromatic rings. The number of hydrogen-bond donors (Lipinski definition) is 1. The highest BCUT2D eigenvalue weighted by Crippen LogP contribution is 2.29. The van der Waals surface area contributed by atoms with Crippen LogP contribution in [0.1, 0.15) is 26.2 Å². The van der Waals surface area contributed by atoms with E-state index in [0.717, 1.165) is 26.2 Å².